The van der Waals surface area contributed by atoms with E-state index in [9.17, 15) is 9.90 Å². The summed E-state index contributed by atoms with van der Waals surface area (Å²) in [4.78, 5) is 12.8. The summed E-state index contributed by atoms with van der Waals surface area (Å²) in [5.74, 6) is 2.78. The molecule has 4 rings (SSSR count). The van der Waals surface area contributed by atoms with Crippen molar-refractivity contribution in [3.63, 3.8) is 0 Å². The van der Waals surface area contributed by atoms with E-state index in [-0.39, 0.29) is 10.8 Å². The van der Waals surface area contributed by atoms with E-state index in [1.165, 1.54) is 44.1 Å². The number of hydrogen-bond acceptors (Lipinski definition) is 2. The van der Waals surface area contributed by atoms with Crippen LogP contribution in [0.3, 0.4) is 0 Å². The lowest BCUT2D eigenvalue weighted by Crippen LogP contribution is -2.63. The van der Waals surface area contributed by atoms with Crippen LogP contribution < -0.4 is 0 Å². The molecule has 2 unspecified atom stereocenters. The molecule has 0 amide bonds. The molecule has 0 aromatic rings. The maximum Gasteiger partial charge on any atom is 0.138 e. The lowest BCUT2D eigenvalue weighted by molar-refractivity contribution is -0.207. The number of aliphatic hydroxyl groups is 1. The van der Waals surface area contributed by atoms with Gasteiger partial charge in [0.1, 0.15) is 5.78 Å². The van der Waals surface area contributed by atoms with Gasteiger partial charge >= 0.3 is 0 Å². The lowest BCUT2D eigenvalue weighted by atomic mass is 9.35. The Morgan fingerprint density at radius 1 is 0.969 bits per heavy atom. The summed E-state index contributed by atoms with van der Waals surface area (Å²) in [5.41, 5.74) is 1.52. The first-order chi connectivity index (χ1) is 14.7. The fourth-order valence-corrected chi connectivity index (χ4v) is 10.1. The van der Waals surface area contributed by atoms with Gasteiger partial charge in [-0.1, -0.05) is 46.3 Å². The Balaban J connectivity index is 1.62. The van der Waals surface area contributed by atoms with Gasteiger partial charge in [-0.05, 0) is 118 Å². The van der Waals surface area contributed by atoms with Gasteiger partial charge in [-0.15, -0.1) is 0 Å². The quantitative estimate of drug-likeness (QED) is 0.452. The first-order valence-electron chi connectivity index (χ1n) is 13.6. The molecule has 0 radical (unpaired) electrons. The highest BCUT2D eigenvalue weighted by Gasteiger charge is 2.69. The Bertz CT molecular complexity index is 787. The van der Waals surface area contributed by atoms with Crippen molar-refractivity contribution in [1.82, 2.24) is 0 Å². The normalized spacial score (nSPS) is 47.1. The van der Waals surface area contributed by atoms with Crippen molar-refractivity contribution >= 4 is 5.78 Å². The Morgan fingerprint density at radius 3 is 2.28 bits per heavy atom. The van der Waals surface area contributed by atoms with Gasteiger partial charge in [0.2, 0.25) is 0 Å². The van der Waals surface area contributed by atoms with Gasteiger partial charge in [-0.3, -0.25) is 4.79 Å². The molecule has 2 nitrogen and oxygen atoms in total. The predicted molar refractivity (Wildman–Crippen MR) is 133 cm³/mol. The van der Waals surface area contributed by atoms with E-state index in [1.807, 2.05) is 0 Å². The highest BCUT2D eigenvalue weighted by Crippen LogP contribution is 2.75. The molecule has 4 aliphatic rings. The summed E-state index contributed by atoms with van der Waals surface area (Å²) in [6, 6.07) is 0. The smallest absolute Gasteiger partial charge is 0.138 e. The van der Waals surface area contributed by atoms with Gasteiger partial charge in [0, 0.05) is 11.8 Å². The van der Waals surface area contributed by atoms with Crippen LogP contribution in [0.5, 0.6) is 0 Å². The van der Waals surface area contributed by atoms with E-state index in [2.05, 4.69) is 61.5 Å². The molecule has 1 N–H and O–H groups in total. The molecule has 4 fully saturated rings. The Morgan fingerprint density at radius 2 is 1.62 bits per heavy atom. The van der Waals surface area contributed by atoms with E-state index in [0.29, 0.717) is 40.3 Å². The third-order valence-corrected chi connectivity index (χ3v) is 12.1. The Hall–Kier alpha value is -0.630. The highest BCUT2D eigenvalue weighted by molar-refractivity contribution is 5.85. The van der Waals surface area contributed by atoms with Crippen molar-refractivity contribution in [2.75, 3.05) is 0 Å². The molecule has 0 bridgehead atoms. The molecule has 8 atom stereocenters. The van der Waals surface area contributed by atoms with Gasteiger partial charge in [0.05, 0.1) is 5.60 Å². The van der Waals surface area contributed by atoms with E-state index < -0.39 is 5.60 Å². The molecule has 0 aliphatic heterocycles. The van der Waals surface area contributed by atoms with Crippen molar-refractivity contribution in [2.24, 2.45) is 45.3 Å². The molecule has 0 saturated heterocycles. The van der Waals surface area contributed by atoms with Crippen LogP contribution in [0.1, 0.15) is 120 Å². The summed E-state index contributed by atoms with van der Waals surface area (Å²) in [6.07, 6.45) is 13.5. The van der Waals surface area contributed by atoms with Crippen molar-refractivity contribution in [1.29, 1.82) is 0 Å². The van der Waals surface area contributed by atoms with E-state index in [1.54, 1.807) is 0 Å². The number of fused-ring (bicyclic) bond motifs is 5. The van der Waals surface area contributed by atoms with Gasteiger partial charge in [0.25, 0.3) is 0 Å². The second-order valence-electron chi connectivity index (χ2n) is 14.1. The van der Waals surface area contributed by atoms with Crippen molar-refractivity contribution < 1.29 is 9.90 Å². The molecule has 4 saturated carbocycles. The zero-order valence-electron chi connectivity index (χ0n) is 22.3. The fraction of sp³-hybridized carbons (Fsp3) is 0.900. The minimum atomic E-state index is -0.572. The zero-order valence-corrected chi connectivity index (χ0v) is 22.3. The topological polar surface area (TPSA) is 37.3 Å². The molecule has 0 spiro atoms. The minimum Gasteiger partial charge on any atom is -0.390 e. The number of ketones is 1. The molecule has 182 valence electrons. The number of hydrogen-bond donors (Lipinski definition) is 1. The molecule has 32 heavy (non-hydrogen) atoms. The van der Waals surface area contributed by atoms with Crippen LogP contribution in [0.15, 0.2) is 11.6 Å². The van der Waals surface area contributed by atoms with Gasteiger partial charge in [0.15, 0.2) is 0 Å². The van der Waals surface area contributed by atoms with Crippen molar-refractivity contribution in [2.45, 2.75) is 125 Å². The highest BCUT2D eigenvalue weighted by atomic mass is 16.3. The van der Waals surface area contributed by atoms with Gasteiger partial charge in [-0.25, -0.2) is 0 Å². The number of rotatable bonds is 4. The molecule has 2 heteroatoms. The van der Waals surface area contributed by atoms with E-state index in [0.717, 1.165) is 25.7 Å². The molecule has 0 heterocycles. The van der Waals surface area contributed by atoms with E-state index in [4.69, 9.17) is 0 Å². The number of carbonyl (C=O) groups excluding carboxylic acids is 1. The summed E-state index contributed by atoms with van der Waals surface area (Å²) in [5, 5.41) is 11.6. The average molecular weight is 443 g/mol. The Kier molecular flexibility index (Phi) is 5.89. The lowest BCUT2D eigenvalue weighted by Gasteiger charge is -2.69. The van der Waals surface area contributed by atoms with Gasteiger partial charge in [-0.2, -0.15) is 0 Å². The van der Waals surface area contributed by atoms with Crippen LogP contribution in [-0.2, 0) is 4.79 Å². The summed E-state index contributed by atoms with van der Waals surface area (Å²) < 4.78 is 0. The number of allylic oxidation sites excluding steroid dienone is 2. The van der Waals surface area contributed by atoms with Crippen molar-refractivity contribution in [3.8, 4) is 0 Å². The SMILES string of the molecule is CC(C)=CCC[C@](C)(O)C1CC[C@]2(C)[C@@H]1CCC1[C@@]3(C)CCC(=O)C(C)(C)[C@@H]3CC[C@]12C. The van der Waals surface area contributed by atoms with Crippen LogP contribution >= 0.6 is 0 Å². The monoisotopic (exact) mass is 442 g/mol. The number of Topliss-reactive ketones (excluding diaryl/α,β-unsaturated/α-hetero) is 1. The van der Waals surface area contributed by atoms with E-state index >= 15 is 0 Å². The molecule has 0 aromatic heterocycles. The maximum absolute atomic E-state index is 12.8. The molecular weight excluding hydrogens is 392 g/mol. The molecule has 0 aromatic carbocycles. The first kappa shape index (κ1) is 24.5. The average Bonchev–Trinajstić information content (AvgIpc) is 3.04. The second-order valence-corrected chi connectivity index (χ2v) is 14.1. The van der Waals surface area contributed by atoms with Crippen LogP contribution in [0.25, 0.3) is 0 Å². The van der Waals surface area contributed by atoms with Crippen LogP contribution in [0, 0.1) is 45.3 Å². The van der Waals surface area contributed by atoms with Gasteiger partial charge < -0.3 is 5.11 Å². The van der Waals surface area contributed by atoms with Crippen LogP contribution in [0.2, 0.25) is 0 Å². The fourth-order valence-electron chi connectivity index (χ4n) is 10.1. The largest absolute Gasteiger partial charge is 0.390 e. The summed E-state index contributed by atoms with van der Waals surface area (Å²) in [7, 11) is 0. The Labute approximate surface area is 198 Å². The van der Waals surface area contributed by atoms with Crippen molar-refractivity contribution in [3.05, 3.63) is 11.6 Å². The van der Waals surface area contributed by atoms with Crippen LogP contribution in [-0.4, -0.2) is 16.5 Å². The minimum absolute atomic E-state index is 0.168. The number of carbonyl (C=O) groups is 1. The molecule has 4 aliphatic carbocycles. The summed E-state index contributed by atoms with van der Waals surface area (Å²) in [6.45, 7) is 18.7. The second kappa shape index (κ2) is 7.69. The van der Waals surface area contributed by atoms with Crippen LogP contribution in [0.4, 0.5) is 0 Å². The maximum atomic E-state index is 12.8. The third-order valence-electron chi connectivity index (χ3n) is 12.1. The third kappa shape index (κ3) is 3.32. The zero-order chi connectivity index (χ0) is 23.7. The standard InChI is InChI=1S/C30H50O2/c1-20(2)10-9-16-30(8,32)22-13-18-28(6)21(22)11-12-24-27(5)17-15-25(31)26(3,4)23(27)14-19-29(24,28)7/h10,21-24,32H,9,11-19H2,1-8H3/t21-,22?,23+,24?,27+,28-,29-,30+/m1/s1. The molecular formula is C30H50O2. The predicted octanol–water partition coefficient (Wildman–Crippen LogP) is 7.74. The first-order valence-corrected chi connectivity index (χ1v) is 13.6. The summed E-state index contributed by atoms with van der Waals surface area (Å²) >= 11 is 0.